The molecule has 0 bridgehead atoms. The van der Waals surface area contributed by atoms with Crippen LogP contribution in [0.1, 0.15) is 0 Å². The largest absolute Gasteiger partial charge is 0.488 e. The third-order valence-electron chi connectivity index (χ3n) is 2.05. The quantitative estimate of drug-likeness (QED) is 0.734. The molecule has 0 aliphatic carbocycles. The van der Waals surface area contributed by atoms with Crippen LogP contribution in [-0.2, 0) is 0 Å². The minimum atomic E-state index is -1.45. The highest BCUT2D eigenvalue weighted by atomic mass is 16.5. The van der Waals surface area contributed by atoms with Gasteiger partial charge in [0.2, 0.25) is 0 Å². The second-order valence-electron chi connectivity index (χ2n) is 3.23. The first kappa shape index (κ1) is 10.7. The predicted octanol–water partition coefficient (Wildman–Crippen LogP) is 0.554. The fourth-order valence-electron chi connectivity index (χ4n) is 1.25. The van der Waals surface area contributed by atoms with Crippen LogP contribution < -0.4 is 10.2 Å². The van der Waals surface area contributed by atoms with Crippen LogP contribution in [-0.4, -0.2) is 22.2 Å². The molecule has 4 nitrogen and oxygen atoms in total. The highest BCUT2D eigenvalue weighted by molar-refractivity contribution is 6.58. The molecular weight excluding hydrogens is 205 g/mol. The smallest absolute Gasteiger partial charge is 0.456 e. The predicted molar refractivity (Wildman–Crippen MR) is 60.6 cm³/mol. The molecule has 2 rings (SSSR count). The molecule has 5 heteroatoms. The zero-order chi connectivity index (χ0) is 11.4. The van der Waals surface area contributed by atoms with E-state index in [1.54, 1.807) is 48.8 Å². The number of nitrogens with zero attached hydrogens (tertiary/aromatic N) is 1. The lowest BCUT2D eigenvalue weighted by Gasteiger charge is -2.05. The average Bonchev–Trinajstić information content (AvgIpc) is 2.31. The van der Waals surface area contributed by atoms with Gasteiger partial charge < -0.3 is 14.8 Å². The van der Waals surface area contributed by atoms with Gasteiger partial charge in [-0.2, -0.15) is 0 Å². The van der Waals surface area contributed by atoms with Gasteiger partial charge in [-0.3, -0.25) is 4.98 Å². The van der Waals surface area contributed by atoms with Gasteiger partial charge in [-0.15, -0.1) is 0 Å². The standard InChI is InChI=1S/C11H10BNO3/c14-12(15)9-3-5-10(6-4-9)16-11-2-1-7-13-8-11/h1-8,14-15H. The van der Waals surface area contributed by atoms with E-state index in [0.717, 1.165) is 0 Å². The molecular formula is C11H10BNO3. The summed E-state index contributed by atoms with van der Waals surface area (Å²) in [6, 6.07) is 10.1. The van der Waals surface area contributed by atoms with E-state index >= 15 is 0 Å². The van der Waals surface area contributed by atoms with Crippen LogP contribution in [0.5, 0.6) is 11.5 Å². The summed E-state index contributed by atoms with van der Waals surface area (Å²) in [5, 5.41) is 17.8. The topological polar surface area (TPSA) is 62.6 Å². The molecule has 0 saturated heterocycles. The molecule has 1 heterocycles. The summed E-state index contributed by atoms with van der Waals surface area (Å²) in [7, 11) is -1.45. The fraction of sp³-hybridized carbons (Fsp3) is 0. The van der Waals surface area contributed by atoms with E-state index in [-0.39, 0.29) is 0 Å². The summed E-state index contributed by atoms with van der Waals surface area (Å²) in [5.41, 5.74) is 0.429. The van der Waals surface area contributed by atoms with Gasteiger partial charge in [0.15, 0.2) is 0 Å². The van der Waals surface area contributed by atoms with E-state index in [4.69, 9.17) is 14.8 Å². The monoisotopic (exact) mass is 215 g/mol. The number of aromatic nitrogens is 1. The van der Waals surface area contributed by atoms with Gasteiger partial charge in [0, 0.05) is 6.20 Å². The molecule has 0 spiro atoms. The average molecular weight is 215 g/mol. The van der Waals surface area contributed by atoms with Crippen LogP contribution in [0.4, 0.5) is 0 Å². The van der Waals surface area contributed by atoms with Crippen molar-refractivity contribution in [3.63, 3.8) is 0 Å². The third-order valence-corrected chi connectivity index (χ3v) is 2.05. The molecule has 0 unspecified atom stereocenters. The lowest BCUT2D eigenvalue weighted by atomic mass is 9.80. The van der Waals surface area contributed by atoms with E-state index in [1.807, 2.05) is 0 Å². The van der Waals surface area contributed by atoms with Crippen molar-refractivity contribution in [1.29, 1.82) is 0 Å². The van der Waals surface area contributed by atoms with Crippen molar-refractivity contribution >= 4 is 12.6 Å². The van der Waals surface area contributed by atoms with Crippen LogP contribution in [0.25, 0.3) is 0 Å². The molecule has 0 saturated carbocycles. The number of pyridine rings is 1. The summed E-state index contributed by atoms with van der Waals surface area (Å²) in [6.45, 7) is 0. The van der Waals surface area contributed by atoms with Gasteiger partial charge in [-0.1, -0.05) is 12.1 Å². The number of rotatable bonds is 3. The summed E-state index contributed by atoms with van der Waals surface area (Å²) < 4.78 is 5.49. The Hall–Kier alpha value is -1.85. The van der Waals surface area contributed by atoms with E-state index in [9.17, 15) is 0 Å². The van der Waals surface area contributed by atoms with Crippen molar-refractivity contribution < 1.29 is 14.8 Å². The molecule has 80 valence electrons. The van der Waals surface area contributed by atoms with Crippen molar-refractivity contribution in [1.82, 2.24) is 4.98 Å². The van der Waals surface area contributed by atoms with Crippen LogP contribution in [0, 0.1) is 0 Å². The zero-order valence-electron chi connectivity index (χ0n) is 8.45. The summed E-state index contributed by atoms with van der Waals surface area (Å²) >= 11 is 0. The van der Waals surface area contributed by atoms with Crippen molar-refractivity contribution in [3.8, 4) is 11.5 Å². The van der Waals surface area contributed by atoms with Crippen LogP contribution in [0.3, 0.4) is 0 Å². The van der Waals surface area contributed by atoms with Crippen LogP contribution in [0.15, 0.2) is 48.8 Å². The van der Waals surface area contributed by atoms with Gasteiger partial charge >= 0.3 is 7.12 Å². The van der Waals surface area contributed by atoms with Crippen LogP contribution >= 0.6 is 0 Å². The summed E-state index contributed by atoms with van der Waals surface area (Å²) in [4.78, 5) is 3.92. The molecule has 1 aromatic heterocycles. The summed E-state index contributed by atoms with van der Waals surface area (Å²) in [5.74, 6) is 1.26. The highest BCUT2D eigenvalue weighted by Crippen LogP contribution is 2.18. The number of benzene rings is 1. The number of ether oxygens (including phenoxy) is 1. The minimum absolute atomic E-state index is 0.429. The first-order chi connectivity index (χ1) is 7.75. The maximum atomic E-state index is 8.91. The Morgan fingerprint density at radius 2 is 1.75 bits per heavy atom. The van der Waals surface area contributed by atoms with E-state index in [1.165, 1.54) is 0 Å². The molecule has 0 fully saturated rings. The maximum absolute atomic E-state index is 8.91. The Balaban J connectivity index is 2.11. The molecule has 2 N–H and O–H groups in total. The zero-order valence-corrected chi connectivity index (χ0v) is 8.45. The molecule has 16 heavy (non-hydrogen) atoms. The van der Waals surface area contributed by atoms with Gasteiger partial charge in [-0.05, 0) is 29.7 Å². The van der Waals surface area contributed by atoms with E-state index in [2.05, 4.69) is 4.98 Å². The molecule has 0 aliphatic rings. The van der Waals surface area contributed by atoms with E-state index < -0.39 is 7.12 Å². The van der Waals surface area contributed by atoms with Gasteiger partial charge in [0.1, 0.15) is 11.5 Å². The lowest BCUT2D eigenvalue weighted by Crippen LogP contribution is -2.29. The highest BCUT2D eigenvalue weighted by Gasteiger charge is 2.09. The van der Waals surface area contributed by atoms with Gasteiger partial charge in [0.05, 0.1) is 6.20 Å². The SMILES string of the molecule is OB(O)c1ccc(Oc2cccnc2)cc1. The lowest BCUT2D eigenvalue weighted by molar-refractivity contribution is 0.425. The van der Waals surface area contributed by atoms with Crippen molar-refractivity contribution in [2.75, 3.05) is 0 Å². The third kappa shape index (κ3) is 2.59. The Labute approximate surface area is 93.3 Å². The van der Waals surface area contributed by atoms with E-state index in [0.29, 0.717) is 17.0 Å². The van der Waals surface area contributed by atoms with Crippen molar-refractivity contribution in [2.24, 2.45) is 0 Å². The second-order valence-corrected chi connectivity index (χ2v) is 3.23. The second kappa shape index (κ2) is 4.78. The first-order valence-corrected chi connectivity index (χ1v) is 4.80. The van der Waals surface area contributed by atoms with Crippen molar-refractivity contribution in [2.45, 2.75) is 0 Å². The molecule has 1 aromatic carbocycles. The molecule has 0 atom stereocenters. The summed E-state index contributed by atoms with van der Waals surface area (Å²) in [6.07, 6.45) is 3.27. The minimum Gasteiger partial charge on any atom is -0.456 e. The molecule has 0 aliphatic heterocycles. The Kier molecular flexibility index (Phi) is 3.19. The van der Waals surface area contributed by atoms with Crippen molar-refractivity contribution in [3.05, 3.63) is 48.8 Å². The Morgan fingerprint density at radius 3 is 2.31 bits per heavy atom. The van der Waals surface area contributed by atoms with Crippen LogP contribution in [0.2, 0.25) is 0 Å². The normalized spacial score (nSPS) is 9.88. The molecule has 0 amide bonds. The first-order valence-electron chi connectivity index (χ1n) is 4.80. The van der Waals surface area contributed by atoms with Gasteiger partial charge in [-0.25, -0.2) is 0 Å². The Bertz CT molecular complexity index is 445. The molecule has 2 aromatic rings. The van der Waals surface area contributed by atoms with Gasteiger partial charge in [0.25, 0.3) is 0 Å². The maximum Gasteiger partial charge on any atom is 0.488 e. The number of hydrogen-bond donors (Lipinski definition) is 2. The number of hydrogen-bond acceptors (Lipinski definition) is 4. The Morgan fingerprint density at radius 1 is 1.00 bits per heavy atom. The fourth-order valence-corrected chi connectivity index (χ4v) is 1.25. The molecule has 0 radical (unpaired) electrons.